The SMILES string of the molecule is CC(C)CC(NC(=O)C(Cc1cnc[nH]1)NC(=O)C(N)CO)C(=O)NC(CCCCN)C(=O)O. The van der Waals surface area contributed by atoms with Gasteiger partial charge in [-0.2, -0.15) is 0 Å². The smallest absolute Gasteiger partial charge is 0.326 e. The molecule has 0 aliphatic rings. The van der Waals surface area contributed by atoms with Crippen molar-refractivity contribution >= 4 is 23.7 Å². The van der Waals surface area contributed by atoms with Gasteiger partial charge in [-0.05, 0) is 38.1 Å². The van der Waals surface area contributed by atoms with Gasteiger partial charge >= 0.3 is 5.97 Å². The zero-order valence-electron chi connectivity index (χ0n) is 19.6. The fourth-order valence-corrected chi connectivity index (χ4v) is 3.18. The minimum atomic E-state index is -1.23. The van der Waals surface area contributed by atoms with Crippen molar-refractivity contribution in [1.82, 2.24) is 25.9 Å². The number of carbonyl (C=O) groups excluding carboxylic acids is 3. The molecule has 13 nitrogen and oxygen atoms in total. The van der Waals surface area contributed by atoms with Crippen LogP contribution in [0.3, 0.4) is 0 Å². The summed E-state index contributed by atoms with van der Waals surface area (Å²) < 4.78 is 0. The van der Waals surface area contributed by atoms with Crippen LogP contribution in [-0.4, -0.2) is 81.2 Å². The number of nitrogens with one attached hydrogen (secondary N) is 4. The number of aromatic nitrogens is 2. The van der Waals surface area contributed by atoms with E-state index >= 15 is 0 Å². The Morgan fingerprint density at radius 3 is 2.18 bits per heavy atom. The molecular weight excluding hydrogens is 446 g/mol. The van der Waals surface area contributed by atoms with Gasteiger partial charge in [-0.3, -0.25) is 14.4 Å². The Kier molecular flexibility index (Phi) is 12.8. The number of unbranched alkanes of at least 4 members (excludes halogenated alkanes) is 1. The summed E-state index contributed by atoms with van der Waals surface area (Å²) in [6, 6.07) is -4.49. The number of imidazole rings is 1. The highest BCUT2D eigenvalue weighted by atomic mass is 16.4. The summed E-state index contributed by atoms with van der Waals surface area (Å²) in [5, 5.41) is 26.2. The van der Waals surface area contributed by atoms with Gasteiger partial charge in [0.2, 0.25) is 17.7 Å². The second kappa shape index (κ2) is 15.0. The van der Waals surface area contributed by atoms with Crippen LogP contribution in [-0.2, 0) is 25.6 Å². The molecule has 0 radical (unpaired) electrons. The van der Waals surface area contributed by atoms with Crippen molar-refractivity contribution in [3.63, 3.8) is 0 Å². The summed E-state index contributed by atoms with van der Waals surface area (Å²) in [6.07, 6.45) is 4.52. The Morgan fingerprint density at radius 1 is 1.03 bits per heavy atom. The van der Waals surface area contributed by atoms with Crippen molar-refractivity contribution < 1.29 is 29.4 Å². The highest BCUT2D eigenvalue weighted by Crippen LogP contribution is 2.09. The lowest BCUT2D eigenvalue weighted by Crippen LogP contribution is -2.58. The maximum Gasteiger partial charge on any atom is 0.326 e. The van der Waals surface area contributed by atoms with Crippen LogP contribution in [0.15, 0.2) is 12.5 Å². The van der Waals surface area contributed by atoms with E-state index in [0.717, 1.165) is 0 Å². The zero-order chi connectivity index (χ0) is 25.7. The van der Waals surface area contributed by atoms with E-state index < -0.39 is 54.5 Å². The van der Waals surface area contributed by atoms with Crippen LogP contribution in [0.1, 0.15) is 45.2 Å². The number of hydrogen-bond acceptors (Lipinski definition) is 8. The monoisotopic (exact) mass is 483 g/mol. The number of amides is 3. The summed E-state index contributed by atoms with van der Waals surface area (Å²) in [4.78, 5) is 56.5. The van der Waals surface area contributed by atoms with E-state index in [9.17, 15) is 24.3 Å². The van der Waals surface area contributed by atoms with Crippen molar-refractivity contribution in [2.24, 2.45) is 17.4 Å². The summed E-state index contributed by atoms with van der Waals surface area (Å²) in [5.41, 5.74) is 11.5. The lowest BCUT2D eigenvalue weighted by atomic mass is 10.0. The predicted octanol–water partition coefficient (Wildman–Crippen LogP) is -2.01. The van der Waals surface area contributed by atoms with Gasteiger partial charge in [-0.25, -0.2) is 9.78 Å². The van der Waals surface area contributed by atoms with E-state index in [4.69, 9.17) is 16.6 Å². The number of carbonyl (C=O) groups is 4. The second-order valence-electron chi connectivity index (χ2n) is 8.51. The number of nitrogens with zero attached hydrogens (tertiary/aromatic N) is 1. The van der Waals surface area contributed by atoms with Crippen LogP contribution < -0.4 is 27.4 Å². The molecule has 4 atom stereocenters. The summed E-state index contributed by atoms with van der Waals surface area (Å²) in [5.74, 6) is -3.22. The average molecular weight is 484 g/mol. The van der Waals surface area contributed by atoms with E-state index in [0.29, 0.717) is 25.1 Å². The van der Waals surface area contributed by atoms with E-state index in [1.807, 2.05) is 13.8 Å². The van der Waals surface area contributed by atoms with Crippen LogP contribution >= 0.6 is 0 Å². The number of nitrogens with two attached hydrogens (primary N) is 2. The van der Waals surface area contributed by atoms with E-state index in [1.54, 1.807) is 0 Å². The molecule has 0 bridgehead atoms. The first kappa shape index (κ1) is 29.0. The molecular formula is C21H37N7O6. The molecule has 0 spiro atoms. The molecule has 0 saturated carbocycles. The van der Waals surface area contributed by atoms with E-state index in [-0.39, 0.29) is 25.2 Å². The van der Waals surface area contributed by atoms with Gasteiger partial charge in [-0.15, -0.1) is 0 Å². The molecule has 1 heterocycles. The fourth-order valence-electron chi connectivity index (χ4n) is 3.18. The molecule has 34 heavy (non-hydrogen) atoms. The number of carboxylic acid groups (broad SMARTS) is 1. The molecule has 1 aromatic heterocycles. The Labute approximate surface area is 198 Å². The number of carboxylic acids is 1. The predicted molar refractivity (Wildman–Crippen MR) is 123 cm³/mol. The molecule has 0 aromatic carbocycles. The van der Waals surface area contributed by atoms with Gasteiger partial charge in [-0.1, -0.05) is 13.8 Å². The maximum absolute atomic E-state index is 13.1. The van der Waals surface area contributed by atoms with Crippen molar-refractivity contribution in [3.05, 3.63) is 18.2 Å². The first-order valence-corrected chi connectivity index (χ1v) is 11.3. The standard InChI is InChI=1S/C21H37N7O6/c1-12(2)7-16(19(31)26-15(21(33)34)5-3-4-6-22)28-20(32)17(8-13-9-24-11-25-13)27-18(30)14(23)10-29/h9,11-12,14-17,29H,3-8,10,22-23H2,1-2H3,(H,24,25)(H,26,31)(H,27,30)(H,28,32)(H,33,34). The number of aliphatic hydroxyl groups excluding tert-OH is 1. The van der Waals surface area contributed by atoms with Crippen LogP contribution in [0.25, 0.3) is 0 Å². The Balaban J connectivity index is 2.98. The topological polar surface area (TPSA) is 226 Å². The molecule has 0 aliphatic heterocycles. The molecule has 4 unspecified atom stereocenters. The molecule has 13 heteroatoms. The first-order chi connectivity index (χ1) is 16.1. The molecule has 3 amide bonds. The van der Waals surface area contributed by atoms with Crippen LogP contribution in [0.4, 0.5) is 0 Å². The van der Waals surface area contributed by atoms with Gasteiger partial charge in [0.1, 0.15) is 24.2 Å². The first-order valence-electron chi connectivity index (χ1n) is 11.3. The van der Waals surface area contributed by atoms with E-state index in [2.05, 4.69) is 25.9 Å². The third-order valence-corrected chi connectivity index (χ3v) is 5.05. The van der Waals surface area contributed by atoms with Crippen molar-refractivity contribution in [1.29, 1.82) is 0 Å². The number of hydrogen-bond donors (Lipinski definition) is 8. The number of rotatable bonds is 16. The normalized spacial score (nSPS) is 14.6. The van der Waals surface area contributed by atoms with E-state index in [1.165, 1.54) is 12.5 Å². The number of aliphatic hydroxyl groups is 1. The average Bonchev–Trinajstić information content (AvgIpc) is 3.29. The van der Waals surface area contributed by atoms with Crippen molar-refractivity contribution in [2.45, 2.75) is 70.1 Å². The highest BCUT2D eigenvalue weighted by Gasteiger charge is 2.31. The molecule has 0 saturated heterocycles. The Morgan fingerprint density at radius 2 is 1.65 bits per heavy atom. The molecule has 0 fully saturated rings. The quantitative estimate of drug-likeness (QED) is 0.121. The van der Waals surface area contributed by atoms with Gasteiger partial charge in [0.05, 0.1) is 12.9 Å². The molecule has 1 aromatic rings. The summed E-state index contributed by atoms with van der Waals surface area (Å²) >= 11 is 0. The highest BCUT2D eigenvalue weighted by molar-refractivity contribution is 5.94. The second-order valence-corrected chi connectivity index (χ2v) is 8.51. The lowest BCUT2D eigenvalue weighted by molar-refractivity contribution is -0.142. The Bertz CT molecular complexity index is 787. The molecule has 1 rings (SSSR count). The molecule has 192 valence electrons. The van der Waals surface area contributed by atoms with Crippen molar-refractivity contribution in [3.8, 4) is 0 Å². The lowest BCUT2D eigenvalue weighted by Gasteiger charge is -2.26. The van der Waals surface area contributed by atoms with Crippen LogP contribution in [0.2, 0.25) is 0 Å². The van der Waals surface area contributed by atoms with Crippen LogP contribution in [0, 0.1) is 5.92 Å². The number of H-pyrrole nitrogens is 1. The minimum absolute atomic E-state index is 0.0000255. The van der Waals surface area contributed by atoms with Crippen molar-refractivity contribution in [2.75, 3.05) is 13.2 Å². The number of aliphatic carboxylic acids is 1. The Hall–Kier alpha value is -3.03. The zero-order valence-corrected chi connectivity index (χ0v) is 19.6. The summed E-state index contributed by atoms with van der Waals surface area (Å²) in [6.45, 7) is 3.51. The summed E-state index contributed by atoms with van der Waals surface area (Å²) in [7, 11) is 0. The maximum atomic E-state index is 13.1. The number of aromatic amines is 1. The van der Waals surface area contributed by atoms with Gasteiger partial charge in [0, 0.05) is 18.3 Å². The van der Waals surface area contributed by atoms with Gasteiger partial charge in [0.15, 0.2) is 0 Å². The molecule has 10 N–H and O–H groups in total. The third-order valence-electron chi connectivity index (χ3n) is 5.05. The fraction of sp³-hybridized carbons (Fsp3) is 0.667. The largest absolute Gasteiger partial charge is 0.480 e. The molecule has 0 aliphatic carbocycles. The van der Waals surface area contributed by atoms with Gasteiger partial charge in [0.25, 0.3) is 0 Å². The minimum Gasteiger partial charge on any atom is -0.480 e. The van der Waals surface area contributed by atoms with Crippen LogP contribution in [0.5, 0.6) is 0 Å². The van der Waals surface area contributed by atoms with Gasteiger partial charge < -0.3 is 42.6 Å². The third kappa shape index (κ3) is 10.3.